The summed E-state index contributed by atoms with van der Waals surface area (Å²) in [7, 11) is 0. The van der Waals surface area contributed by atoms with Crippen molar-refractivity contribution in [1.29, 1.82) is 0 Å². The average Bonchev–Trinajstić information content (AvgIpc) is 2.98. The Balaban J connectivity index is 1.58. The van der Waals surface area contributed by atoms with Gasteiger partial charge in [0.05, 0.1) is 15.7 Å². The first-order valence-electron chi connectivity index (χ1n) is 8.19. The number of halogens is 2. The first-order valence-corrected chi connectivity index (χ1v) is 8.95. The average molecular weight is 391 g/mol. The van der Waals surface area contributed by atoms with E-state index in [9.17, 15) is 4.79 Å². The Morgan fingerprint density at radius 2 is 1.81 bits per heavy atom. The van der Waals surface area contributed by atoms with E-state index in [4.69, 9.17) is 23.2 Å². The third kappa shape index (κ3) is 2.97. The second kappa shape index (κ2) is 6.74. The zero-order valence-electron chi connectivity index (χ0n) is 14.1. The van der Waals surface area contributed by atoms with E-state index in [1.165, 1.54) is 0 Å². The number of amides is 1. The van der Waals surface area contributed by atoms with Crippen molar-refractivity contribution in [3.63, 3.8) is 0 Å². The van der Waals surface area contributed by atoms with Gasteiger partial charge in [-0.3, -0.25) is 9.20 Å². The summed E-state index contributed by atoms with van der Waals surface area (Å²) < 4.78 is 1.68. The van der Waals surface area contributed by atoms with Crippen molar-refractivity contribution in [2.45, 2.75) is 6.92 Å². The summed E-state index contributed by atoms with van der Waals surface area (Å²) >= 11 is 12.3. The minimum absolute atomic E-state index is 0.0815. The molecule has 26 heavy (non-hydrogen) atoms. The Bertz CT molecular complexity index is 966. The van der Waals surface area contributed by atoms with Gasteiger partial charge in [-0.05, 0) is 19.1 Å². The van der Waals surface area contributed by atoms with Gasteiger partial charge in [-0.1, -0.05) is 23.2 Å². The number of hydrogen-bond donors (Lipinski definition) is 0. The van der Waals surface area contributed by atoms with Gasteiger partial charge in [-0.25, -0.2) is 15.0 Å². The molecule has 0 atom stereocenters. The van der Waals surface area contributed by atoms with E-state index >= 15 is 0 Å². The number of carbonyl (C=O) groups excluding carboxylic acids is 1. The van der Waals surface area contributed by atoms with E-state index in [-0.39, 0.29) is 5.91 Å². The van der Waals surface area contributed by atoms with E-state index in [1.54, 1.807) is 42.0 Å². The van der Waals surface area contributed by atoms with Crippen molar-refractivity contribution < 1.29 is 4.79 Å². The van der Waals surface area contributed by atoms with Gasteiger partial charge in [-0.15, -0.1) is 0 Å². The number of aromatic nitrogens is 4. The quantitative estimate of drug-likeness (QED) is 0.672. The minimum Gasteiger partial charge on any atom is -0.337 e. The lowest BCUT2D eigenvalue weighted by Crippen LogP contribution is -2.49. The molecule has 0 bridgehead atoms. The van der Waals surface area contributed by atoms with Crippen LogP contribution in [0.1, 0.15) is 16.2 Å². The molecule has 9 heteroatoms. The van der Waals surface area contributed by atoms with E-state index < -0.39 is 0 Å². The Labute approximate surface area is 160 Å². The summed E-state index contributed by atoms with van der Waals surface area (Å²) in [5, 5.41) is 0.880. The summed E-state index contributed by atoms with van der Waals surface area (Å²) in [6, 6.07) is 3.41. The van der Waals surface area contributed by atoms with Crippen LogP contribution < -0.4 is 4.90 Å². The minimum atomic E-state index is -0.0815. The third-order valence-corrected chi connectivity index (χ3v) is 4.91. The second-order valence-electron chi connectivity index (χ2n) is 6.07. The number of aryl methyl sites for hydroxylation is 1. The fourth-order valence-corrected chi connectivity index (χ4v) is 3.67. The van der Waals surface area contributed by atoms with Gasteiger partial charge >= 0.3 is 0 Å². The van der Waals surface area contributed by atoms with E-state index in [0.29, 0.717) is 59.2 Å². The molecule has 1 aliphatic rings. The van der Waals surface area contributed by atoms with Gasteiger partial charge in [0.25, 0.3) is 5.91 Å². The number of anilines is 1. The maximum absolute atomic E-state index is 13.1. The second-order valence-corrected chi connectivity index (χ2v) is 6.92. The Hall–Kier alpha value is -2.38. The van der Waals surface area contributed by atoms with Crippen LogP contribution in [-0.4, -0.2) is 56.3 Å². The van der Waals surface area contributed by atoms with Gasteiger partial charge in [0.15, 0.2) is 5.65 Å². The predicted molar refractivity (Wildman–Crippen MR) is 100 cm³/mol. The summed E-state index contributed by atoms with van der Waals surface area (Å²) in [5.41, 5.74) is 1.66. The van der Waals surface area contributed by atoms with Crippen LogP contribution in [0, 0.1) is 6.92 Å². The molecule has 0 aliphatic carbocycles. The first kappa shape index (κ1) is 17.1. The molecule has 0 saturated carbocycles. The monoisotopic (exact) mass is 390 g/mol. The summed E-state index contributed by atoms with van der Waals surface area (Å²) in [5.74, 6) is 0.603. The molecule has 3 aromatic rings. The van der Waals surface area contributed by atoms with Crippen molar-refractivity contribution in [3.05, 3.63) is 52.2 Å². The number of hydrogen-bond acceptors (Lipinski definition) is 5. The highest BCUT2D eigenvalue weighted by Gasteiger charge is 2.27. The van der Waals surface area contributed by atoms with E-state index in [0.717, 1.165) is 0 Å². The highest BCUT2D eigenvalue weighted by Crippen LogP contribution is 2.25. The number of piperazine rings is 1. The van der Waals surface area contributed by atoms with E-state index in [1.807, 2.05) is 4.90 Å². The van der Waals surface area contributed by atoms with Crippen molar-refractivity contribution in [3.8, 4) is 0 Å². The van der Waals surface area contributed by atoms with Crippen LogP contribution in [0.15, 0.2) is 30.7 Å². The topological polar surface area (TPSA) is 66.6 Å². The number of carbonyl (C=O) groups is 1. The molecule has 0 radical (unpaired) electrons. The first-order chi connectivity index (χ1) is 12.5. The SMILES string of the molecule is Cc1nc2c(Cl)cc(Cl)cn2c1C(=O)N1CCN(c2ncccn2)CC1. The van der Waals surface area contributed by atoms with Gasteiger partial charge in [0, 0.05) is 44.8 Å². The molecule has 3 aromatic heterocycles. The lowest BCUT2D eigenvalue weighted by molar-refractivity contribution is 0.0738. The zero-order chi connectivity index (χ0) is 18.3. The molecule has 1 aliphatic heterocycles. The smallest absolute Gasteiger partial charge is 0.272 e. The normalized spacial score (nSPS) is 14.9. The molecule has 0 unspecified atom stereocenters. The number of pyridine rings is 1. The standard InChI is InChI=1S/C17H16Cl2N6O/c1-11-14(25-10-12(18)9-13(19)15(25)22-11)16(26)23-5-7-24(8-6-23)17-20-3-2-4-21-17/h2-4,9-10H,5-8H2,1H3. The highest BCUT2D eigenvalue weighted by molar-refractivity contribution is 6.36. The number of imidazole rings is 1. The maximum atomic E-state index is 13.1. The van der Waals surface area contributed by atoms with Gasteiger partial charge in [0.2, 0.25) is 5.95 Å². The Morgan fingerprint density at radius 1 is 1.12 bits per heavy atom. The number of nitrogens with zero attached hydrogens (tertiary/aromatic N) is 6. The molecule has 0 spiro atoms. The molecule has 0 N–H and O–H groups in total. The summed E-state index contributed by atoms with van der Waals surface area (Å²) in [4.78, 5) is 29.9. The lowest BCUT2D eigenvalue weighted by atomic mass is 10.2. The number of rotatable bonds is 2. The maximum Gasteiger partial charge on any atom is 0.272 e. The molecule has 1 amide bonds. The van der Waals surface area contributed by atoms with Crippen LogP contribution in [0.4, 0.5) is 5.95 Å². The Morgan fingerprint density at radius 3 is 2.50 bits per heavy atom. The molecule has 1 saturated heterocycles. The molecule has 134 valence electrons. The van der Waals surface area contributed by atoms with Gasteiger partial charge in [-0.2, -0.15) is 0 Å². The molecule has 4 rings (SSSR count). The van der Waals surface area contributed by atoms with Crippen LogP contribution in [0.3, 0.4) is 0 Å². The largest absolute Gasteiger partial charge is 0.337 e. The summed E-state index contributed by atoms with van der Waals surface area (Å²) in [6.07, 6.45) is 5.11. The molecule has 7 nitrogen and oxygen atoms in total. The van der Waals surface area contributed by atoms with Crippen LogP contribution in [0.2, 0.25) is 10.0 Å². The van der Waals surface area contributed by atoms with Gasteiger partial charge in [0.1, 0.15) is 5.69 Å². The van der Waals surface area contributed by atoms with Crippen molar-refractivity contribution >= 4 is 40.7 Å². The number of fused-ring (bicyclic) bond motifs is 1. The zero-order valence-corrected chi connectivity index (χ0v) is 15.6. The van der Waals surface area contributed by atoms with Crippen LogP contribution >= 0.6 is 23.2 Å². The molecule has 0 aromatic carbocycles. The molecular formula is C17H16Cl2N6O. The van der Waals surface area contributed by atoms with Crippen molar-refractivity contribution in [1.82, 2.24) is 24.3 Å². The van der Waals surface area contributed by atoms with Crippen LogP contribution in [0.25, 0.3) is 5.65 Å². The van der Waals surface area contributed by atoms with E-state index in [2.05, 4.69) is 19.9 Å². The van der Waals surface area contributed by atoms with Crippen molar-refractivity contribution in [2.24, 2.45) is 0 Å². The Kier molecular flexibility index (Phi) is 4.42. The molecule has 4 heterocycles. The van der Waals surface area contributed by atoms with Crippen molar-refractivity contribution in [2.75, 3.05) is 31.1 Å². The molecule has 1 fully saturated rings. The highest BCUT2D eigenvalue weighted by atomic mass is 35.5. The predicted octanol–water partition coefficient (Wildman–Crippen LogP) is 2.70. The molecular weight excluding hydrogens is 375 g/mol. The van der Waals surface area contributed by atoms with Crippen LogP contribution in [-0.2, 0) is 0 Å². The van der Waals surface area contributed by atoms with Gasteiger partial charge < -0.3 is 9.80 Å². The third-order valence-electron chi connectivity index (χ3n) is 4.42. The fraction of sp³-hybridized carbons (Fsp3) is 0.294. The summed E-state index contributed by atoms with van der Waals surface area (Å²) in [6.45, 7) is 4.31. The fourth-order valence-electron chi connectivity index (χ4n) is 3.16. The van der Waals surface area contributed by atoms with Crippen LogP contribution in [0.5, 0.6) is 0 Å². The lowest BCUT2D eigenvalue weighted by Gasteiger charge is -2.34.